The van der Waals surface area contributed by atoms with E-state index in [1.165, 1.54) is 19.2 Å². The highest BCUT2D eigenvalue weighted by atomic mass is 16.6. The van der Waals surface area contributed by atoms with E-state index in [-0.39, 0.29) is 5.69 Å². The molecule has 0 spiro atoms. The van der Waals surface area contributed by atoms with Gasteiger partial charge in [-0.15, -0.1) is 0 Å². The number of nitrogens with one attached hydrogen (secondary N) is 1. The van der Waals surface area contributed by atoms with Crippen LogP contribution in [0.5, 0.6) is 5.75 Å². The van der Waals surface area contributed by atoms with Crippen molar-refractivity contribution in [1.82, 2.24) is 5.16 Å². The summed E-state index contributed by atoms with van der Waals surface area (Å²) in [5.41, 5.74) is 2.28. The molecule has 2 aromatic rings. The molecule has 1 aromatic heterocycles. The minimum absolute atomic E-state index is 0.00654. The Balaban J connectivity index is 2.24. The van der Waals surface area contributed by atoms with Crippen molar-refractivity contribution in [3.05, 3.63) is 45.3 Å². The number of hydrogen-bond acceptors (Lipinski definition) is 6. The maximum atomic E-state index is 10.8. The van der Waals surface area contributed by atoms with Crippen molar-refractivity contribution in [3.63, 3.8) is 0 Å². The molecule has 0 saturated heterocycles. The Bertz CT molecular complexity index is 617. The second-order valence-corrected chi connectivity index (χ2v) is 4.30. The number of aromatic nitrogens is 1. The lowest BCUT2D eigenvalue weighted by molar-refractivity contribution is -0.384. The highest BCUT2D eigenvalue weighted by molar-refractivity contribution is 5.61. The largest absolute Gasteiger partial charge is 0.495 e. The van der Waals surface area contributed by atoms with Crippen molar-refractivity contribution in [2.45, 2.75) is 20.4 Å². The average Bonchev–Trinajstić information content (AvgIpc) is 2.75. The van der Waals surface area contributed by atoms with Gasteiger partial charge in [0.15, 0.2) is 0 Å². The predicted octanol–water partition coefficient (Wildman–Crippen LogP) is 2.82. The molecule has 0 aliphatic heterocycles. The monoisotopic (exact) mass is 277 g/mol. The number of benzene rings is 1. The molecule has 0 saturated carbocycles. The lowest BCUT2D eigenvalue weighted by Gasteiger charge is -2.10. The lowest BCUT2D eigenvalue weighted by atomic mass is 10.2. The fraction of sp³-hybridized carbons (Fsp3) is 0.308. The number of ether oxygens (including phenoxy) is 1. The maximum absolute atomic E-state index is 10.8. The molecule has 0 amide bonds. The van der Waals surface area contributed by atoms with E-state index < -0.39 is 4.92 Å². The molecule has 1 N–H and O–H groups in total. The van der Waals surface area contributed by atoms with Crippen LogP contribution in [-0.4, -0.2) is 17.2 Å². The van der Waals surface area contributed by atoms with E-state index in [0.717, 1.165) is 17.0 Å². The molecular formula is C13H15N3O4. The number of hydrogen-bond donors (Lipinski definition) is 1. The zero-order valence-electron chi connectivity index (χ0n) is 11.5. The molecule has 7 heteroatoms. The molecule has 20 heavy (non-hydrogen) atoms. The number of non-ortho nitro benzene ring substituents is 1. The summed E-state index contributed by atoms with van der Waals surface area (Å²) in [6.07, 6.45) is 0. The average molecular weight is 277 g/mol. The van der Waals surface area contributed by atoms with Gasteiger partial charge in [0.1, 0.15) is 11.5 Å². The quantitative estimate of drug-likeness (QED) is 0.667. The number of nitrogens with zero attached hydrogens (tertiary/aromatic N) is 2. The third kappa shape index (κ3) is 2.71. The van der Waals surface area contributed by atoms with Crippen molar-refractivity contribution in [2.24, 2.45) is 0 Å². The molecule has 106 valence electrons. The van der Waals surface area contributed by atoms with Crippen LogP contribution in [0.4, 0.5) is 11.4 Å². The Morgan fingerprint density at radius 2 is 2.20 bits per heavy atom. The molecule has 0 bridgehead atoms. The Labute approximate surface area is 115 Å². The summed E-state index contributed by atoms with van der Waals surface area (Å²) < 4.78 is 10.3. The van der Waals surface area contributed by atoms with Crippen LogP contribution in [-0.2, 0) is 6.54 Å². The first-order valence-corrected chi connectivity index (χ1v) is 6.01. The second-order valence-electron chi connectivity index (χ2n) is 4.30. The predicted molar refractivity (Wildman–Crippen MR) is 73.0 cm³/mol. The smallest absolute Gasteiger partial charge is 0.271 e. The van der Waals surface area contributed by atoms with E-state index in [1.807, 2.05) is 13.8 Å². The second kappa shape index (κ2) is 5.60. The fourth-order valence-corrected chi connectivity index (χ4v) is 1.89. The van der Waals surface area contributed by atoms with Crippen LogP contribution in [0.2, 0.25) is 0 Å². The molecule has 1 heterocycles. The van der Waals surface area contributed by atoms with Crippen molar-refractivity contribution in [3.8, 4) is 5.75 Å². The zero-order chi connectivity index (χ0) is 14.7. The Morgan fingerprint density at radius 1 is 1.45 bits per heavy atom. The first-order valence-electron chi connectivity index (χ1n) is 6.01. The summed E-state index contributed by atoms with van der Waals surface area (Å²) in [7, 11) is 1.52. The van der Waals surface area contributed by atoms with E-state index in [4.69, 9.17) is 9.26 Å². The van der Waals surface area contributed by atoms with Crippen LogP contribution in [0.15, 0.2) is 22.7 Å². The minimum Gasteiger partial charge on any atom is -0.495 e. The topological polar surface area (TPSA) is 90.4 Å². The number of nitro benzene ring substituents is 1. The number of methoxy groups -OCH3 is 1. The normalized spacial score (nSPS) is 10.3. The minimum atomic E-state index is -0.444. The number of anilines is 1. The SMILES string of the molecule is COc1ccc([N+](=O)[O-])cc1NCc1c(C)noc1C. The fourth-order valence-electron chi connectivity index (χ4n) is 1.89. The summed E-state index contributed by atoms with van der Waals surface area (Å²) in [4.78, 5) is 10.4. The van der Waals surface area contributed by atoms with Gasteiger partial charge in [-0.25, -0.2) is 0 Å². The summed E-state index contributed by atoms with van der Waals surface area (Å²) in [5.74, 6) is 1.27. The van der Waals surface area contributed by atoms with Gasteiger partial charge < -0.3 is 14.6 Å². The molecule has 1 aromatic carbocycles. The van der Waals surface area contributed by atoms with Crippen molar-refractivity contribution in [1.29, 1.82) is 0 Å². The zero-order valence-corrected chi connectivity index (χ0v) is 11.5. The first-order chi connectivity index (χ1) is 9.52. The van der Waals surface area contributed by atoms with Crippen LogP contribution in [0.1, 0.15) is 17.0 Å². The first kappa shape index (κ1) is 13.9. The molecule has 0 fully saturated rings. The molecule has 7 nitrogen and oxygen atoms in total. The molecule has 0 aliphatic rings. The third-order valence-electron chi connectivity index (χ3n) is 3.03. The van der Waals surface area contributed by atoms with Gasteiger partial charge in [0.25, 0.3) is 5.69 Å². The van der Waals surface area contributed by atoms with Gasteiger partial charge in [-0.2, -0.15) is 0 Å². The summed E-state index contributed by atoms with van der Waals surface area (Å²) in [6.45, 7) is 4.12. The molecular weight excluding hydrogens is 262 g/mol. The van der Waals surface area contributed by atoms with Gasteiger partial charge in [0, 0.05) is 24.2 Å². The van der Waals surface area contributed by atoms with Gasteiger partial charge in [-0.1, -0.05) is 5.16 Å². The third-order valence-corrected chi connectivity index (χ3v) is 3.03. The molecule has 0 aliphatic carbocycles. The number of aryl methyl sites for hydroxylation is 2. The van der Waals surface area contributed by atoms with E-state index in [1.54, 1.807) is 6.07 Å². The molecule has 0 unspecified atom stereocenters. The van der Waals surface area contributed by atoms with Gasteiger partial charge in [0.05, 0.1) is 23.4 Å². The molecule has 2 rings (SSSR count). The van der Waals surface area contributed by atoms with E-state index in [2.05, 4.69) is 10.5 Å². The van der Waals surface area contributed by atoms with Crippen LogP contribution < -0.4 is 10.1 Å². The molecule has 0 atom stereocenters. The summed E-state index contributed by atoms with van der Waals surface area (Å²) in [6, 6.07) is 4.41. The van der Waals surface area contributed by atoms with Gasteiger partial charge >= 0.3 is 0 Å². The highest BCUT2D eigenvalue weighted by Gasteiger charge is 2.13. The highest BCUT2D eigenvalue weighted by Crippen LogP contribution is 2.29. The van der Waals surface area contributed by atoms with Crippen molar-refractivity contribution < 1.29 is 14.2 Å². The summed E-state index contributed by atoms with van der Waals surface area (Å²) >= 11 is 0. The Morgan fingerprint density at radius 3 is 2.75 bits per heavy atom. The number of nitro groups is 1. The lowest BCUT2D eigenvalue weighted by Crippen LogP contribution is -2.03. The Kier molecular flexibility index (Phi) is 3.88. The van der Waals surface area contributed by atoms with E-state index in [9.17, 15) is 10.1 Å². The van der Waals surface area contributed by atoms with Gasteiger partial charge in [-0.3, -0.25) is 10.1 Å². The number of rotatable bonds is 5. The van der Waals surface area contributed by atoms with E-state index >= 15 is 0 Å². The Hall–Kier alpha value is -2.57. The van der Waals surface area contributed by atoms with Crippen molar-refractivity contribution in [2.75, 3.05) is 12.4 Å². The molecule has 0 radical (unpaired) electrons. The van der Waals surface area contributed by atoms with Crippen LogP contribution in [0.25, 0.3) is 0 Å². The van der Waals surface area contributed by atoms with E-state index in [0.29, 0.717) is 18.0 Å². The maximum Gasteiger partial charge on any atom is 0.271 e. The van der Waals surface area contributed by atoms with Crippen LogP contribution in [0, 0.1) is 24.0 Å². The van der Waals surface area contributed by atoms with Crippen molar-refractivity contribution >= 4 is 11.4 Å². The standard InChI is InChI=1S/C13H15N3O4/c1-8-11(9(2)20-15-8)7-14-12-6-10(16(17)18)4-5-13(12)19-3/h4-6,14H,7H2,1-3H3. The van der Waals surface area contributed by atoms with Crippen LogP contribution >= 0.6 is 0 Å². The van der Waals surface area contributed by atoms with Gasteiger partial charge in [-0.05, 0) is 19.9 Å². The van der Waals surface area contributed by atoms with Gasteiger partial charge in [0.2, 0.25) is 0 Å². The van der Waals surface area contributed by atoms with Crippen LogP contribution in [0.3, 0.4) is 0 Å². The summed E-state index contributed by atoms with van der Waals surface area (Å²) in [5, 5.41) is 17.8.